The van der Waals surface area contributed by atoms with Crippen molar-refractivity contribution in [3.63, 3.8) is 0 Å². The van der Waals surface area contributed by atoms with Crippen LogP contribution >= 0.6 is 0 Å². The van der Waals surface area contributed by atoms with Crippen molar-refractivity contribution in [1.82, 2.24) is 0 Å². The lowest BCUT2D eigenvalue weighted by Crippen LogP contribution is -1.96. The van der Waals surface area contributed by atoms with Gasteiger partial charge in [0.1, 0.15) is 11.5 Å². The molecule has 0 bridgehead atoms. The third kappa shape index (κ3) is 2.80. The summed E-state index contributed by atoms with van der Waals surface area (Å²) in [5, 5.41) is 26.7. The van der Waals surface area contributed by atoms with Crippen molar-refractivity contribution in [3.8, 4) is 22.6 Å². The summed E-state index contributed by atoms with van der Waals surface area (Å²) in [6.07, 6.45) is 0. The van der Waals surface area contributed by atoms with Crippen LogP contribution in [0.1, 0.15) is 50.7 Å². The zero-order chi connectivity index (χ0) is 20.0. The molecule has 0 aromatic heterocycles. The molecule has 0 saturated heterocycles. The number of hydrogen-bond donors (Lipinski definition) is 2. The van der Waals surface area contributed by atoms with Crippen LogP contribution < -0.4 is 0 Å². The minimum atomic E-state index is 0.171. The van der Waals surface area contributed by atoms with Crippen LogP contribution in [0, 0.1) is 0 Å². The third-order valence-electron chi connectivity index (χ3n) is 5.60. The molecule has 0 amide bonds. The van der Waals surface area contributed by atoms with Crippen LogP contribution in [-0.4, -0.2) is 10.2 Å². The molecule has 4 rings (SSSR count). The summed E-state index contributed by atoms with van der Waals surface area (Å²) in [6.45, 7) is 8.32. The van der Waals surface area contributed by atoms with Crippen LogP contribution in [-0.2, 0) is 0 Å². The predicted octanol–water partition coefficient (Wildman–Crippen LogP) is 7.32. The van der Waals surface area contributed by atoms with Gasteiger partial charge in [0.25, 0.3) is 0 Å². The van der Waals surface area contributed by atoms with E-state index < -0.39 is 0 Å². The van der Waals surface area contributed by atoms with E-state index >= 15 is 0 Å². The molecule has 142 valence electrons. The largest absolute Gasteiger partial charge is 0.507 e. The summed E-state index contributed by atoms with van der Waals surface area (Å²) in [7, 11) is 0. The Morgan fingerprint density at radius 3 is 1.29 bits per heavy atom. The van der Waals surface area contributed by atoms with Crippen molar-refractivity contribution in [2.45, 2.75) is 39.5 Å². The normalized spacial score (nSPS) is 11.8. The summed E-state index contributed by atoms with van der Waals surface area (Å²) in [5.41, 5.74) is 3.23. The minimum Gasteiger partial charge on any atom is -0.507 e. The number of rotatable bonds is 3. The maximum absolute atomic E-state index is 11.3. The van der Waals surface area contributed by atoms with Crippen molar-refractivity contribution >= 4 is 21.5 Å². The summed E-state index contributed by atoms with van der Waals surface area (Å²) in [4.78, 5) is 0. The third-order valence-corrected chi connectivity index (χ3v) is 5.60. The first-order valence-electron chi connectivity index (χ1n) is 9.89. The number of hydrogen-bond acceptors (Lipinski definition) is 2. The minimum absolute atomic E-state index is 0.171. The smallest absolute Gasteiger partial charge is 0.127 e. The van der Waals surface area contributed by atoms with Crippen LogP contribution in [0.25, 0.3) is 32.7 Å². The van der Waals surface area contributed by atoms with E-state index in [1.807, 2.05) is 36.4 Å². The van der Waals surface area contributed by atoms with E-state index in [1.54, 1.807) is 0 Å². The molecule has 2 heteroatoms. The van der Waals surface area contributed by atoms with Gasteiger partial charge in [0.15, 0.2) is 0 Å². The van der Waals surface area contributed by atoms with Gasteiger partial charge >= 0.3 is 0 Å². The molecule has 4 aromatic carbocycles. The quantitative estimate of drug-likeness (QED) is 0.397. The summed E-state index contributed by atoms with van der Waals surface area (Å²) in [5.74, 6) is 0.861. The van der Waals surface area contributed by atoms with Gasteiger partial charge in [0.05, 0.1) is 0 Å². The molecule has 0 spiro atoms. The Labute approximate surface area is 166 Å². The lowest BCUT2D eigenvalue weighted by molar-refractivity contribution is 0.460. The van der Waals surface area contributed by atoms with Gasteiger partial charge in [-0.3, -0.25) is 0 Å². The van der Waals surface area contributed by atoms with E-state index in [4.69, 9.17) is 0 Å². The number of phenolic OH excluding ortho intramolecular Hbond substituents is 2. The van der Waals surface area contributed by atoms with Gasteiger partial charge in [-0.2, -0.15) is 0 Å². The topological polar surface area (TPSA) is 40.5 Å². The maximum Gasteiger partial charge on any atom is 0.127 e. The summed E-state index contributed by atoms with van der Waals surface area (Å²) in [6, 6.07) is 20.3. The number of fused-ring (bicyclic) bond motifs is 2. The molecule has 0 aliphatic rings. The van der Waals surface area contributed by atoms with Crippen molar-refractivity contribution in [2.75, 3.05) is 0 Å². The van der Waals surface area contributed by atoms with E-state index in [2.05, 4.69) is 52.0 Å². The zero-order valence-electron chi connectivity index (χ0n) is 16.8. The molecule has 0 saturated carbocycles. The Morgan fingerprint density at radius 2 is 0.929 bits per heavy atom. The fraction of sp³-hybridized carbons (Fsp3) is 0.231. The Kier molecular flexibility index (Phi) is 4.50. The number of phenols is 2. The molecular formula is C26H26O2. The van der Waals surface area contributed by atoms with E-state index in [1.165, 1.54) is 0 Å². The van der Waals surface area contributed by atoms with Gasteiger partial charge in [0.2, 0.25) is 0 Å². The van der Waals surface area contributed by atoms with Gasteiger partial charge in [0, 0.05) is 11.1 Å². The molecule has 0 fully saturated rings. The predicted molar refractivity (Wildman–Crippen MR) is 118 cm³/mol. The highest BCUT2D eigenvalue weighted by molar-refractivity contribution is 6.10. The lowest BCUT2D eigenvalue weighted by atomic mass is 9.85. The molecule has 0 atom stereocenters. The Hall–Kier alpha value is -3.00. The van der Waals surface area contributed by atoms with E-state index in [0.717, 1.165) is 43.8 Å². The standard InChI is InChI=1S/C26H26O2/c1-15(2)21-13-17-9-5-7-11-19(17)23(25(21)27)24-20-12-8-6-10-18(20)14-22(16(3)4)26(24)28/h5-16,27-28H,1-4H3. The van der Waals surface area contributed by atoms with Crippen molar-refractivity contribution in [2.24, 2.45) is 0 Å². The van der Waals surface area contributed by atoms with Gasteiger partial charge in [-0.1, -0.05) is 76.2 Å². The van der Waals surface area contributed by atoms with Crippen LogP contribution in [0.5, 0.6) is 11.5 Å². The second kappa shape index (κ2) is 6.87. The molecule has 0 aliphatic heterocycles. The SMILES string of the molecule is CC(C)c1cc2ccccc2c(-c2c(O)c(C(C)C)cc3ccccc23)c1O. The highest BCUT2D eigenvalue weighted by Gasteiger charge is 2.23. The Morgan fingerprint density at radius 1 is 0.571 bits per heavy atom. The van der Waals surface area contributed by atoms with Gasteiger partial charge in [-0.25, -0.2) is 0 Å². The molecule has 4 aromatic rings. The van der Waals surface area contributed by atoms with Crippen molar-refractivity contribution in [1.29, 1.82) is 0 Å². The highest BCUT2D eigenvalue weighted by Crippen LogP contribution is 2.49. The molecular weight excluding hydrogens is 344 g/mol. The second-order valence-electron chi connectivity index (χ2n) is 8.13. The fourth-order valence-corrected chi connectivity index (χ4v) is 4.10. The van der Waals surface area contributed by atoms with Crippen molar-refractivity contribution in [3.05, 3.63) is 71.8 Å². The molecule has 2 nitrogen and oxygen atoms in total. The first-order chi connectivity index (χ1) is 13.4. The maximum atomic E-state index is 11.3. The molecule has 2 N–H and O–H groups in total. The van der Waals surface area contributed by atoms with Crippen LogP contribution in [0.15, 0.2) is 60.7 Å². The van der Waals surface area contributed by atoms with Crippen LogP contribution in [0.3, 0.4) is 0 Å². The molecule has 0 aliphatic carbocycles. The Balaban J connectivity index is 2.24. The first kappa shape index (κ1) is 18.4. The van der Waals surface area contributed by atoms with Gasteiger partial charge in [-0.15, -0.1) is 0 Å². The van der Waals surface area contributed by atoms with Gasteiger partial charge < -0.3 is 10.2 Å². The lowest BCUT2D eigenvalue weighted by Gasteiger charge is -2.21. The number of benzene rings is 4. The average Bonchev–Trinajstić information content (AvgIpc) is 2.67. The fourth-order valence-electron chi connectivity index (χ4n) is 4.10. The highest BCUT2D eigenvalue weighted by atomic mass is 16.3. The van der Waals surface area contributed by atoms with Gasteiger partial charge in [-0.05, 0) is 56.6 Å². The molecule has 28 heavy (non-hydrogen) atoms. The zero-order valence-corrected chi connectivity index (χ0v) is 16.8. The summed E-state index contributed by atoms with van der Waals surface area (Å²) < 4.78 is 0. The van der Waals surface area contributed by atoms with E-state index in [9.17, 15) is 10.2 Å². The first-order valence-corrected chi connectivity index (χ1v) is 9.89. The molecule has 0 unspecified atom stereocenters. The Bertz CT molecular complexity index is 1090. The average molecular weight is 370 g/mol. The molecule has 0 heterocycles. The van der Waals surface area contributed by atoms with E-state index in [0.29, 0.717) is 0 Å². The summed E-state index contributed by atoms with van der Waals surface area (Å²) >= 11 is 0. The monoisotopic (exact) mass is 370 g/mol. The number of aromatic hydroxyl groups is 2. The molecule has 0 radical (unpaired) electrons. The van der Waals surface area contributed by atoms with Crippen LogP contribution in [0.4, 0.5) is 0 Å². The van der Waals surface area contributed by atoms with Crippen molar-refractivity contribution < 1.29 is 10.2 Å². The second-order valence-corrected chi connectivity index (χ2v) is 8.13. The van der Waals surface area contributed by atoms with E-state index in [-0.39, 0.29) is 23.3 Å². The van der Waals surface area contributed by atoms with Crippen LogP contribution in [0.2, 0.25) is 0 Å².